The van der Waals surface area contributed by atoms with E-state index in [1.165, 1.54) is 0 Å². The number of alkyl halides is 1. The maximum absolute atomic E-state index is 12.3. The molecule has 0 aromatic heterocycles. The van der Waals surface area contributed by atoms with E-state index in [0.717, 1.165) is 12.0 Å². The summed E-state index contributed by atoms with van der Waals surface area (Å²) in [6.07, 6.45) is 0.784. The van der Waals surface area contributed by atoms with Gasteiger partial charge in [0.25, 0.3) is 5.91 Å². The Morgan fingerprint density at radius 2 is 2.28 bits per heavy atom. The third-order valence-electron chi connectivity index (χ3n) is 2.88. The van der Waals surface area contributed by atoms with Crippen molar-refractivity contribution in [2.75, 3.05) is 19.6 Å². The van der Waals surface area contributed by atoms with Gasteiger partial charge in [0.2, 0.25) is 5.91 Å². The molecule has 18 heavy (non-hydrogen) atoms. The lowest BCUT2D eigenvalue weighted by Gasteiger charge is -2.19. The van der Waals surface area contributed by atoms with E-state index in [1.54, 1.807) is 17.0 Å². The number of rotatable bonds is 2. The monoisotopic (exact) mass is 266 g/mol. The van der Waals surface area contributed by atoms with E-state index in [1.807, 2.05) is 12.1 Å². The van der Waals surface area contributed by atoms with Crippen LogP contribution in [0.2, 0.25) is 0 Å². The molecule has 1 aliphatic heterocycles. The molecule has 0 unspecified atom stereocenters. The van der Waals surface area contributed by atoms with E-state index in [-0.39, 0.29) is 18.4 Å². The highest BCUT2D eigenvalue weighted by molar-refractivity contribution is 6.17. The number of halogens is 1. The second-order valence-corrected chi connectivity index (χ2v) is 4.53. The van der Waals surface area contributed by atoms with Crippen LogP contribution in [0.15, 0.2) is 24.3 Å². The van der Waals surface area contributed by atoms with Crippen molar-refractivity contribution in [3.05, 3.63) is 35.4 Å². The van der Waals surface area contributed by atoms with Crippen molar-refractivity contribution in [3.8, 4) is 0 Å². The predicted molar refractivity (Wildman–Crippen MR) is 69.5 cm³/mol. The van der Waals surface area contributed by atoms with Crippen LogP contribution in [0.3, 0.4) is 0 Å². The lowest BCUT2D eigenvalue weighted by atomic mass is 10.1. The molecule has 4 nitrogen and oxygen atoms in total. The summed E-state index contributed by atoms with van der Waals surface area (Å²) >= 11 is 5.75. The molecule has 0 radical (unpaired) electrons. The van der Waals surface area contributed by atoms with Gasteiger partial charge < -0.3 is 10.2 Å². The summed E-state index contributed by atoms with van der Waals surface area (Å²) in [4.78, 5) is 25.3. The summed E-state index contributed by atoms with van der Waals surface area (Å²) in [6.45, 7) is 1.36. The predicted octanol–water partition coefficient (Wildman–Crippen LogP) is 1.39. The van der Waals surface area contributed by atoms with Gasteiger partial charge in [-0.1, -0.05) is 12.1 Å². The smallest absolute Gasteiger partial charge is 0.254 e. The Kier molecular flexibility index (Phi) is 4.20. The summed E-state index contributed by atoms with van der Waals surface area (Å²) in [5.41, 5.74) is 1.49. The first kappa shape index (κ1) is 12.9. The molecule has 2 rings (SSSR count). The van der Waals surface area contributed by atoms with Gasteiger partial charge in [0.15, 0.2) is 0 Å². The Morgan fingerprint density at radius 1 is 1.44 bits per heavy atom. The molecular formula is C13H15ClN2O2. The molecule has 1 N–H and O–H groups in total. The van der Waals surface area contributed by atoms with Crippen LogP contribution in [0.5, 0.6) is 0 Å². The third-order valence-corrected chi connectivity index (χ3v) is 3.19. The maximum Gasteiger partial charge on any atom is 0.254 e. The second kappa shape index (κ2) is 5.87. The molecule has 1 heterocycles. The highest BCUT2D eigenvalue weighted by Gasteiger charge is 2.20. The van der Waals surface area contributed by atoms with Crippen LogP contribution in [0.25, 0.3) is 0 Å². The lowest BCUT2D eigenvalue weighted by molar-refractivity contribution is -0.121. The van der Waals surface area contributed by atoms with Crippen molar-refractivity contribution in [2.24, 2.45) is 0 Å². The Bertz CT molecular complexity index is 462. The van der Waals surface area contributed by atoms with Crippen LogP contribution < -0.4 is 5.32 Å². The fraction of sp³-hybridized carbons (Fsp3) is 0.385. The topological polar surface area (TPSA) is 49.4 Å². The Morgan fingerprint density at radius 3 is 3.06 bits per heavy atom. The summed E-state index contributed by atoms with van der Waals surface area (Å²) < 4.78 is 0. The molecule has 1 aromatic rings. The first-order valence-electron chi connectivity index (χ1n) is 5.91. The first-order chi connectivity index (χ1) is 8.70. The molecule has 0 aliphatic carbocycles. The normalized spacial score (nSPS) is 16.1. The number of carbonyl (C=O) groups excluding carboxylic acids is 2. The van der Waals surface area contributed by atoms with Gasteiger partial charge in [-0.15, -0.1) is 11.6 Å². The zero-order valence-electron chi connectivity index (χ0n) is 9.99. The molecule has 1 aromatic carbocycles. The number of hydrogen-bond acceptors (Lipinski definition) is 2. The van der Waals surface area contributed by atoms with E-state index in [4.69, 9.17) is 11.6 Å². The number of nitrogens with zero attached hydrogens (tertiary/aromatic N) is 1. The fourth-order valence-electron chi connectivity index (χ4n) is 1.95. The average Bonchev–Trinajstić information content (AvgIpc) is 2.62. The van der Waals surface area contributed by atoms with Gasteiger partial charge in [-0.25, -0.2) is 0 Å². The minimum absolute atomic E-state index is 0.102. The summed E-state index contributed by atoms with van der Waals surface area (Å²) in [5, 5.41) is 2.75. The Balaban J connectivity index is 2.16. The van der Waals surface area contributed by atoms with Crippen LogP contribution in [0, 0.1) is 0 Å². The molecule has 0 saturated carbocycles. The molecule has 5 heteroatoms. The van der Waals surface area contributed by atoms with Crippen molar-refractivity contribution in [1.82, 2.24) is 10.2 Å². The van der Waals surface area contributed by atoms with Crippen molar-refractivity contribution in [1.29, 1.82) is 0 Å². The number of nitrogens with one attached hydrogen (secondary N) is 1. The van der Waals surface area contributed by atoms with E-state index < -0.39 is 0 Å². The van der Waals surface area contributed by atoms with E-state index in [0.29, 0.717) is 24.5 Å². The van der Waals surface area contributed by atoms with Crippen molar-refractivity contribution in [2.45, 2.75) is 12.3 Å². The Labute approximate surface area is 111 Å². The molecule has 1 saturated heterocycles. The van der Waals surface area contributed by atoms with Crippen molar-refractivity contribution in [3.63, 3.8) is 0 Å². The molecule has 1 aliphatic rings. The number of hydrogen-bond donors (Lipinski definition) is 1. The van der Waals surface area contributed by atoms with Gasteiger partial charge in [0.05, 0.1) is 6.54 Å². The summed E-state index contributed by atoms with van der Waals surface area (Å²) in [7, 11) is 0. The van der Waals surface area contributed by atoms with Crippen LogP contribution in [0.4, 0.5) is 0 Å². The quantitative estimate of drug-likeness (QED) is 0.823. The SMILES string of the molecule is O=C1CN(C(=O)c2cccc(CCl)c2)CCCN1. The van der Waals surface area contributed by atoms with Gasteiger partial charge in [-0.3, -0.25) is 9.59 Å². The molecule has 2 amide bonds. The fourth-order valence-corrected chi connectivity index (χ4v) is 2.12. The zero-order chi connectivity index (χ0) is 13.0. The molecule has 0 spiro atoms. The molecule has 96 valence electrons. The van der Waals surface area contributed by atoms with Gasteiger partial charge in [-0.05, 0) is 24.1 Å². The highest BCUT2D eigenvalue weighted by Crippen LogP contribution is 2.11. The Hall–Kier alpha value is -1.55. The molecular weight excluding hydrogens is 252 g/mol. The largest absolute Gasteiger partial charge is 0.354 e. The standard InChI is InChI=1S/C13H15ClN2O2/c14-8-10-3-1-4-11(7-10)13(18)16-6-2-5-15-12(17)9-16/h1,3-4,7H,2,5-6,8-9H2,(H,15,17). The van der Waals surface area contributed by atoms with Crippen LogP contribution in [-0.2, 0) is 10.7 Å². The molecule has 1 fully saturated rings. The minimum atomic E-state index is -0.112. The first-order valence-corrected chi connectivity index (χ1v) is 6.45. The number of amides is 2. The van der Waals surface area contributed by atoms with Crippen LogP contribution in [-0.4, -0.2) is 36.3 Å². The van der Waals surface area contributed by atoms with Crippen molar-refractivity contribution < 1.29 is 9.59 Å². The lowest BCUT2D eigenvalue weighted by Crippen LogP contribution is -2.37. The number of benzene rings is 1. The second-order valence-electron chi connectivity index (χ2n) is 4.26. The summed E-state index contributed by atoms with van der Waals surface area (Å²) in [6, 6.07) is 7.21. The minimum Gasteiger partial charge on any atom is -0.354 e. The summed E-state index contributed by atoms with van der Waals surface area (Å²) in [5.74, 6) is 0.162. The van der Waals surface area contributed by atoms with Gasteiger partial charge in [0.1, 0.15) is 0 Å². The highest BCUT2D eigenvalue weighted by atomic mass is 35.5. The zero-order valence-corrected chi connectivity index (χ0v) is 10.7. The third kappa shape index (κ3) is 3.01. The van der Waals surface area contributed by atoms with E-state index >= 15 is 0 Å². The molecule has 0 atom stereocenters. The average molecular weight is 267 g/mol. The van der Waals surface area contributed by atoms with Gasteiger partial charge >= 0.3 is 0 Å². The maximum atomic E-state index is 12.3. The van der Waals surface area contributed by atoms with E-state index in [9.17, 15) is 9.59 Å². The van der Waals surface area contributed by atoms with Crippen molar-refractivity contribution >= 4 is 23.4 Å². The van der Waals surface area contributed by atoms with E-state index in [2.05, 4.69) is 5.32 Å². The molecule has 0 bridgehead atoms. The van der Waals surface area contributed by atoms with Crippen LogP contribution >= 0.6 is 11.6 Å². The van der Waals surface area contributed by atoms with Gasteiger partial charge in [0, 0.05) is 24.5 Å². The number of carbonyl (C=O) groups is 2. The van der Waals surface area contributed by atoms with Crippen LogP contribution in [0.1, 0.15) is 22.3 Å². The van der Waals surface area contributed by atoms with Gasteiger partial charge in [-0.2, -0.15) is 0 Å².